The third-order valence-corrected chi connectivity index (χ3v) is 6.73. The molecule has 1 unspecified atom stereocenters. The van der Waals surface area contributed by atoms with E-state index in [4.69, 9.17) is 4.98 Å². The van der Waals surface area contributed by atoms with Gasteiger partial charge < -0.3 is 4.57 Å². The van der Waals surface area contributed by atoms with Crippen molar-refractivity contribution in [2.24, 2.45) is 4.99 Å². The van der Waals surface area contributed by atoms with Gasteiger partial charge in [-0.2, -0.15) is 5.26 Å². The fourth-order valence-electron chi connectivity index (χ4n) is 3.56. The molecule has 0 bridgehead atoms. The topological polar surface area (TPSA) is 79.8 Å². The molecule has 0 saturated carbocycles. The highest BCUT2D eigenvalue weighted by Gasteiger charge is 2.40. The van der Waals surface area contributed by atoms with Gasteiger partial charge in [0.2, 0.25) is 5.54 Å². The highest BCUT2D eigenvalue weighted by Crippen LogP contribution is 2.41. The van der Waals surface area contributed by atoms with Crippen molar-refractivity contribution in [3.8, 4) is 6.07 Å². The number of pyridine rings is 2. The van der Waals surface area contributed by atoms with Crippen molar-refractivity contribution in [2.75, 3.05) is 0 Å². The molecule has 0 fully saturated rings. The lowest BCUT2D eigenvalue weighted by Crippen LogP contribution is -2.21. The van der Waals surface area contributed by atoms with Crippen molar-refractivity contribution >= 4 is 54.3 Å². The van der Waals surface area contributed by atoms with Crippen LogP contribution >= 0.6 is 38.5 Å². The van der Waals surface area contributed by atoms with Crippen LogP contribution in [0.4, 0.5) is 0 Å². The van der Waals surface area contributed by atoms with Crippen LogP contribution in [0.25, 0.3) is 11.2 Å². The summed E-state index contributed by atoms with van der Waals surface area (Å²) in [6.45, 7) is 4.89. The van der Waals surface area contributed by atoms with Gasteiger partial charge in [0.15, 0.2) is 5.65 Å². The number of aromatic nitrogens is 4. The van der Waals surface area contributed by atoms with Gasteiger partial charge in [0.1, 0.15) is 22.0 Å². The minimum absolute atomic E-state index is 0.625. The van der Waals surface area contributed by atoms with Crippen molar-refractivity contribution in [3.05, 3.63) is 62.9 Å². The number of rotatable bonds is 6. The SMILES string of the molecule is CCCCc1nc2c(C)ccnc2n1Cc1ccc(C2(C#N)N=C(Br)C=C2I)nc1. The molecule has 0 N–H and O–H groups in total. The second-order valence-corrected chi connectivity index (χ2v) is 9.29. The molecule has 1 aliphatic rings. The van der Waals surface area contributed by atoms with Gasteiger partial charge in [0.25, 0.3) is 0 Å². The number of fused-ring (bicyclic) bond motifs is 1. The molecule has 0 spiro atoms. The van der Waals surface area contributed by atoms with Crippen LogP contribution in [0.5, 0.6) is 0 Å². The van der Waals surface area contributed by atoms with Crippen LogP contribution in [0.3, 0.4) is 0 Å². The maximum absolute atomic E-state index is 9.81. The number of hydrogen-bond acceptors (Lipinski definition) is 5. The van der Waals surface area contributed by atoms with Crippen LogP contribution in [-0.2, 0) is 18.5 Å². The molecule has 3 aromatic heterocycles. The molecular formula is C22H20BrIN6. The predicted molar refractivity (Wildman–Crippen MR) is 130 cm³/mol. The lowest BCUT2D eigenvalue weighted by Gasteiger charge is -2.18. The number of aliphatic imine (C=N–C) groups is 1. The van der Waals surface area contributed by atoms with E-state index >= 15 is 0 Å². The number of allylic oxidation sites excluding steroid dienone is 1. The van der Waals surface area contributed by atoms with Crippen molar-refractivity contribution in [1.82, 2.24) is 19.5 Å². The Balaban J connectivity index is 1.69. The van der Waals surface area contributed by atoms with Gasteiger partial charge in [-0.1, -0.05) is 19.4 Å². The Morgan fingerprint density at radius 1 is 1.27 bits per heavy atom. The Morgan fingerprint density at radius 3 is 2.73 bits per heavy atom. The molecule has 4 rings (SSSR count). The summed E-state index contributed by atoms with van der Waals surface area (Å²) in [5.41, 5.74) is 3.59. The molecule has 8 heteroatoms. The Morgan fingerprint density at radius 2 is 2.10 bits per heavy atom. The van der Waals surface area contributed by atoms with E-state index in [1.54, 1.807) is 0 Å². The molecule has 152 valence electrons. The van der Waals surface area contributed by atoms with E-state index in [0.29, 0.717) is 16.9 Å². The molecule has 0 radical (unpaired) electrons. The van der Waals surface area contributed by atoms with Gasteiger partial charge in [-0.3, -0.25) is 4.98 Å². The zero-order valence-corrected chi connectivity index (χ0v) is 20.5. The van der Waals surface area contributed by atoms with E-state index in [0.717, 1.165) is 51.0 Å². The summed E-state index contributed by atoms with van der Waals surface area (Å²) in [7, 11) is 0. The number of hydrogen-bond donors (Lipinski definition) is 0. The van der Waals surface area contributed by atoms with Crippen LogP contribution in [-0.4, -0.2) is 24.1 Å². The molecule has 0 aliphatic carbocycles. The summed E-state index contributed by atoms with van der Waals surface area (Å²) in [5.74, 6) is 1.05. The molecule has 0 saturated heterocycles. The van der Waals surface area contributed by atoms with Crippen molar-refractivity contribution in [2.45, 2.75) is 45.2 Å². The second kappa shape index (κ2) is 8.55. The summed E-state index contributed by atoms with van der Waals surface area (Å²) < 4.78 is 3.67. The number of aryl methyl sites for hydroxylation is 2. The van der Waals surface area contributed by atoms with Crippen LogP contribution in [0.1, 0.15) is 42.4 Å². The zero-order chi connectivity index (χ0) is 21.3. The number of halogens is 2. The molecule has 0 aromatic carbocycles. The monoisotopic (exact) mass is 574 g/mol. The predicted octanol–water partition coefficient (Wildman–Crippen LogP) is 5.37. The zero-order valence-electron chi connectivity index (χ0n) is 16.7. The van der Waals surface area contributed by atoms with E-state index in [2.05, 4.69) is 78.0 Å². The summed E-state index contributed by atoms with van der Waals surface area (Å²) in [5, 5.41) is 9.81. The van der Waals surface area contributed by atoms with Gasteiger partial charge in [-0.15, -0.1) is 0 Å². The molecule has 1 aliphatic heterocycles. The van der Waals surface area contributed by atoms with E-state index in [1.807, 2.05) is 36.7 Å². The molecule has 0 amide bonds. The first-order valence-electron chi connectivity index (χ1n) is 9.79. The van der Waals surface area contributed by atoms with Gasteiger partial charge in [0, 0.05) is 22.4 Å². The van der Waals surface area contributed by atoms with E-state index in [1.165, 1.54) is 0 Å². The Hall–Kier alpha value is -2.12. The number of imidazole rings is 1. The lowest BCUT2D eigenvalue weighted by atomic mass is 9.97. The van der Waals surface area contributed by atoms with E-state index < -0.39 is 5.54 Å². The van der Waals surface area contributed by atoms with Crippen molar-refractivity contribution in [3.63, 3.8) is 0 Å². The number of nitriles is 1. The van der Waals surface area contributed by atoms with Gasteiger partial charge in [0.05, 0.1) is 12.2 Å². The molecule has 6 nitrogen and oxygen atoms in total. The Labute approximate surface area is 197 Å². The van der Waals surface area contributed by atoms with E-state index in [-0.39, 0.29) is 0 Å². The molecule has 30 heavy (non-hydrogen) atoms. The van der Waals surface area contributed by atoms with Crippen LogP contribution in [0.2, 0.25) is 0 Å². The summed E-state index contributed by atoms with van der Waals surface area (Å²) in [6.07, 6.45) is 8.63. The Bertz CT molecular complexity index is 1200. The summed E-state index contributed by atoms with van der Waals surface area (Å²) in [6, 6.07) is 8.22. The average molecular weight is 575 g/mol. The summed E-state index contributed by atoms with van der Waals surface area (Å²) >= 11 is 5.53. The minimum Gasteiger partial charge on any atom is -0.308 e. The van der Waals surface area contributed by atoms with Crippen LogP contribution < -0.4 is 0 Å². The smallest absolute Gasteiger partial charge is 0.220 e. The standard InChI is InChI=1S/C22H20BrIN6/c1-3-4-5-19-28-20-14(2)8-9-26-21(20)30(19)12-15-6-7-17(27-11-15)22(13-25)16(24)10-18(23)29-22/h6-11H,3-5,12H2,1-2H3. The second-order valence-electron chi connectivity index (χ2n) is 7.32. The molecule has 1 atom stereocenters. The normalized spacial score (nSPS) is 18.4. The quantitative estimate of drug-likeness (QED) is 0.371. The first-order valence-corrected chi connectivity index (χ1v) is 11.7. The maximum atomic E-state index is 9.81. The van der Waals surface area contributed by atoms with Crippen LogP contribution in [0.15, 0.2) is 45.2 Å². The van der Waals surface area contributed by atoms with Gasteiger partial charge in [-0.25, -0.2) is 15.0 Å². The fourth-order valence-corrected chi connectivity index (χ4v) is 5.30. The highest BCUT2D eigenvalue weighted by molar-refractivity contribution is 14.1. The largest absolute Gasteiger partial charge is 0.308 e. The first-order chi connectivity index (χ1) is 14.5. The molecule has 3 aromatic rings. The maximum Gasteiger partial charge on any atom is 0.220 e. The molecule has 4 heterocycles. The van der Waals surface area contributed by atoms with Gasteiger partial charge >= 0.3 is 0 Å². The lowest BCUT2D eigenvalue weighted by molar-refractivity contribution is 0.680. The van der Waals surface area contributed by atoms with Gasteiger partial charge in [-0.05, 0) is 81.2 Å². The fraction of sp³-hybridized carbons (Fsp3) is 0.318. The minimum atomic E-state index is -1.06. The highest BCUT2D eigenvalue weighted by atomic mass is 127. The van der Waals surface area contributed by atoms with Crippen LogP contribution in [0, 0.1) is 18.3 Å². The average Bonchev–Trinajstić information content (AvgIpc) is 3.24. The Kier molecular flexibility index (Phi) is 6.02. The third-order valence-electron chi connectivity index (χ3n) is 5.23. The third kappa shape index (κ3) is 3.69. The number of nitrogens with zero attached hydrogens (tertiary/aromatic N) is 6. The van der Waals surface area contributed by atoms with Crippen molar-refractivity contribution < 1.29 is 0 Å². The van der Waals surface area contributed by atoms with E-state index in [9.17, 15) is 5.26 Å². The first kappa shape index (κ1) is 21.1. The summed E-state index contributed by atoms with van der Waals surface area (Å²) in [4.78, 5) is 18.6. The molecular weight excluding hydrogens is 555 g/mol. The number of unbranched alkanes of at least 4 members (excludes halogenated alkanes) is 1. The van der Waals surface area contributed by atoms with Crippen molar-refractivity contribution in [1.29, 1.82) is 5.26 Å².